The average molecular weight is 676 g/mol. The largest absolute Gasteiger partial charge is 0.495 e. The van der Waals surface area contributed by atoms with Gasteiger partial charge in [0.1, 0.15) is 18.3 Å². The first-order valence-corrected chi connectivity index (χ1v) is 17.4. The van der Waals surface area contributed by atoms with Crippen LogP contribution in [0, 0.1) is 13.8 Å². The lowest BCUT2D eigenvalue weighted by Gasteiger charge is -2.34. The van der Waals surface area contributed by atoms with Crippen molar-refractivity contribution in [3.63, 3.8) is 0 Å². The van der Waals surface area contributed by atoms with Crippen molar-refractivity contribution in [3.05, 3.63) is 124 Å². The second kappa shape index (κ2) is 16.0. The van der Waals surface area contributed by atoms with Crippen LogP contribution in [0.5, 0.6) is 5.75 Å². The summed E-state index contributed by atoms with van der Waals surface area (Å²) in [5.41, 5.74) is 3.65. The van der Waals surface area contributed by atoms with E-state index in [1.54, 1.807) is 24.3 Å². The number of benzene rings is 4. The Morgan fingerprint density at radius 1 is 0.872 bits per heavy atom. The average Bonchev–Trinajstić information content (AvgIpc) is 3.05. The predicted octanol–water partition coefficient (Wildman–Crippen LogP) is 6.72. The van der Waals surface area contributed by atoms with Gasteiger partial charge in [-0.1, -0.05) is 96.4 Å². The van der Waals surface area contributed by atoms with E-state index in [9.17, 15) is 18.0 Å². The fourth-order valence-corrected chi connectivity index (χ4v) is 6.79. The SMILES string of the molecule is CCC(C)NC(=O)C(Cc1ccccc1)N(Cc1cccc(C)c1)C(=O)CN(c1cc(Cl)ccc1OC)S(=O)(=O)c1ccc(C)cc1. The molecule has 4 aromatic rings. The molecule has 0 fully saturated rings. The van der Waals surface area contributed by atoms with Crippen LogP contribution < -0.4 is 14.4 Å². The van der Waals surface area contributed by atoms with Gasteiger partial charge in [0.05, 0.1) is 17.7 Å². The van der Waals surface area contributed by atoms with Gasteiger partial charge in [0.2, 0.25) is 11.8 Å². The zero-order valence-corrected chi connectivity index (χ0v) is 29.0. The highest BCUT2D eigenvalue weighted by molar-refractivity contribution is 7.92. The van der Waals surface area contributed by atoms with Gasteiger partial charge in [-0.05, 0) is 68.7 Å². The lowest BCUT2D eigenvalue weighted by atomic mass is 10.0. The highest BCUT2D eigenvalue weighted by Gasteiger charge is 2.36. The molecule has 0 aliphatic rings. The Morgan fingerprint density at radius 3 is 2.19 bits per heavy atom. The van der Waals surface area contributed by atoms with Crippen LogP contribution in [-0.4, -0.2) is 50.9 Å². The van der Waals surface area contributed by atoms with E-state index in [1.807, 2.05) is 82.3 Å². The minimum atomic E-state index is -4.31. The summed E-state index contributed by atoms with van der Waals surface area (Å²) in [7, 11) is -2.89. The van der Waals surface area contributed by atoms with Gasteiger partial charge in [0.25, 0.3) is 10.0 Å². The van der Waals surface area contributed by atoms with Gasteiger partial charge in [-0.15, -0.1) is 0 Å². The maximum atomic E-state index is 14.7. The first kappa shape index (κ1) is 35.5. The van der Waals surface area contributed by atoms with Crippen molar-refractivity contribution < 1.29 is 22.7 Å². The molecule has 0 saturated carbocycles. The zero-order chi connectivity index (χ0) is 34.1. The molecule has 2 atom stereocenters. The van der Waals surface area contributed by atoms with Gasteiger partial charge in [-0.3, -0.25) is 13.9 Å². The van der Waals surface area contributed by atoms with E-state index in [1.165, 1.54) is 30.2 Å². The molecule has 4 aromatic carbocycles. The number of amides is 2. The highest BCUT2D eigenvalue weighted by atomic mass is 35.5. The van der Waals surface area contributed by atoms with E-state index in [4.69, 9.17) is 16.3 Å². The molecular formula is C37H42ClN3O5S. The second-order valence-electron chi connectivity index (χ2n) is 11.7. The minimum absolute atomic E-state index is 0.00138. The number of nitrogens with one attached hydrogen (secondary N) is 1. The molecule has 248 valence electrons. The number of carbonyl (C=O) groups excluding carboxylic acids is 2. The number of hydrogen-bond donors (Lipinski definition) is 1. The molecule has 0 bridgehead atoms. The third kappa shape index (κ3) is 9.14. The molecule has 0 radical (unpaired) electrons. The summed E-state index contributed by atoms with van der Waals surface area (Å²) in [6.45, 7) is 7.16. The van der Waals surface area contributed by atoms with Crippen molar-refractivity contribution in [2.45, 2.75) is 64.1 Å². The van der Waals surface area contributed by atoms with E-state index in [0.717, 1.165) is 26.6 Å². The van der Waals surface area contributed by atoms with Crippen molar-refractivity contribution >= 4 is 39.1 Å². The quantitative estimate of drug-likeness (QED) is 0.160. The van der Waals surface area contributed by atoms with Gasteiger partial charge in [0.15, 0.2) is 0 Å². The number of anilines is 1. The van der Waals surface area contributed by atoms with E-state index in [2.05, 4.69) is 5.32 Å². The van der Waals surface area contributed by atoms with Crippen LogP contribution in [0.2, 0.25) is 5.02 Å². The van der Waals surface area contributed by atoms with E-state index in [0.29, 0.717) is 6.42 Å². The van der Waals surface area contributed by atoms with Crippen LogP contribution in [0.15, 0.2) is 102 Å². The predicted molar refractivity (Wildman–Crippen MR) is 187 cm³/mol. The molecule has 4 rings (SSSR count). The van der Waals surface area contributed by atoms with Crippen molar-refractivity contribution in [2.24, 2.45) is 0 Å². The number of nitrogens with zero attached hydrogens (tertiary/aromatic N) is 2. The monoisotopic (exact) mass is 675 g/mol. The van der Waals surface area contributed by atoms with Crippen molar-refractivity contribution in [1.82, 2.24) is 10.2 Å². The lowest BCUT2D eigenvalue weighted by Crippen LogP contribution is -2.54. The fraction of sp³-hybridized carbons (Fsp3) is 0.297. The van der Waals surface area contributed by atoms with Crippen LogP contribution in [-0.2, 0) is 32.6 Å². The van der Waals surface area contributed by atoms with Gasteiger partial charge < -0.3 is 15.0 Å². The molecule has 2 unspecified atom stereocenters. The topological polar surface area (TPSA) is 96.0 Å². The molecule has 0 aliphatic heterocycles. The Bertz CT molecular complexity index is 1780. The molecular weight excluding hydrogens is 634 g/mol. The minimum Gasteiger partial charge on any atom is -0.495 e. The van der Waals surface area contributed by atoms with Gasteiger partial charge in [-0.25, -0.2) is 8.42 Å². The normalized spacial score (nSPS) is 12.6. The van der Waals surface area contributed by atoms with Crippen LogP contribution in [0.3, 0.4) is 0 Å². The first-order chi connectivity index (χ1) is 22.4. The van der Waals surface area contributed by atoms with Crippen molar-refractivity contribution in [2.75, 3.05) is 18.0 Å². The Balaban J connectivity index is 1.86. The zero-order valence-electron chi connectivity index (χ0n) is 27.4. The number of aryl methyl sites for hydroxylation is 2. The highest BCUT2D eigenvalue weighted by Crippen LogP contribution is 2.35. The number of ether oxygens (including phenoxy) is 1. The number of sulfonamides is 1. The van der Waals surface area contributed by atoms with E-state index in [-0.39, 0.29) is 46.3 Å². The number of halogens is 1. The first-order valence-electron chi connectivity index (χ1n) is 15.5. The maximum absolute atomic E-state index is 14.7. The summed E-state index contributed by atoms with van der Waals surface area (Å²) in [4.78, 5) is 30.2. The summed E-state index contributed by atoms with van der Waals surface area (Å²) in [6, 6.07) is 27.1. The second-order valence-corrected chi connectivity index (χ2v) is 14.0. The van der Waals surface area contributed by atoms with Gasteiger partial charge in [0, 0.05) is 24.0 Å². The van der Waals surface area contributed by atoms with E-state index < -0.39 is 28.5 Å². The van der Waals surface area contributed by atoms with Crippen molar-refractivity contribution in [3.8, 4) is 5.75 Å². The third-order valence-electron chi connectivity index (χ3n) is 8.00. The Morgan fingerprint density at radius 2 is 1.55 bits per heavy atom. The molecule has 0 saturated heterocycles. The smallest absolute Gasteiger partial charge is 0.264 e. The summed E-state index contributed by atoms with van der Waals surface area (Å²) < 4.78 is 35.2. The molecule has 0 heterocycles. The Kier molecular flexibility index (Phi) is 12.1. The summed E-state index contributed by atoms with van der Waals surface area (Å²) >= 11 is 6.38. The number of rotatable bonds is 14. The fourth-order valence-electron chi connectivity index (χ4n) is 5.21. The number of hydrogen-bond acceptors (Lipinski definition) is 5. The van der Waals surface area contributed by atoms with Gasteiger partial charge in [-0.2, -0.15) is 0 Å². The molecule has 0 aromatic heterocycles. The molecule has 0 spiro atoms. The third-order valence-corrected chi connectivity index (χ3v) is 10.0. The molecule has 0 aliphatic carbocycles. The van der Waals surface area contributed by atoms with Gasteiger partial charge >= 0.3 is 0 Å². The Labute approximate surface area is 283 Å². The Hall–Kier alpha value is -4.34. The lowest BCUT2D eigenvalue weighted by molar-refractivity contribution is -0.140. The van der Waals surface area contributed by atoms with Crippen LogP contribution >= 0.6 is 11.6 Å². The maximum Gasteiger partial charge on any atom is 0.264 e. The molecule has 8 nitrogen and oxygen atoms in total. The number of methoxy groups -OCH3 is 1. The van der Waals surface area contributed by atoms with Crippen molar-refractivity contribution in [1.29, 1.82) is 0 Å². The standard InChI is InChI=1S/C37H42ClN3O5S/c1-6-28(4)39-37(43)34(22-29-12-8-7-9-13-29)40(24-30-14-10-11-27(3)21-30)36(42)25-41(33-23-31(38)17-20-35(33)46-5)47(44,45)32-18-15-26(2)16-19-32/h7-21,23,28,34H,6,22,24-25H2,1-5H3,(H,39,43). The molecule has 47 heavy (non-hydrogen) atoms. The molecule has 2 amide bonds. The summed E-state index contributed by atoms with van der Waals surface area (Å²) in [5, 5.41) is 3.32. The molecule has 10 heteroatoms. The van der Waals surface area contributed by atoms with Crippen LogP contribution in [0.1, 0.15) is 42.5 Å². The molecule has 1 N–H and O–H groups in total. The summed E-state index contributed by atoms with van der Waals surface area (Å²) in [5.74, 6) is -0.666. The summed E-state index contributed by atoms with van der Waals surface area (Å²) in [6.07, 6.45) is 0.929. The van der Waals surface area contributed by atoms with Crippen LogP contribution in [0.4, 0.5) is 5.69 Å². The number of carbonyl (C=O) groups is 2. The van der Waals surface area contributed by atoms with E-state index >= 15 is 0 Å². The van der Waals surface area contributed by atoms with Crippen LogP contribution in [0.25, 0.3) is 0 Å².